The van der Waals surface area contributed by atoms with Gasteiger partial charge in [-0.3, -0.25) is 4.79 Å². The molecule has 1 unspecified atom stereocenters. The highest BCUT2D eigenvalue weighted by Crippen LogP contribution is 2.30. The van der Waals surface area contributed by atoms with Gasteiger partial charge in [0.2, 0.25) is 5.91 Å². The maximum Gasteiger partial charge on any atom is 0.239 e. The second kappa shape index (κ2) is 8.99. The number of aryl methyl sites for hydroxylation is 1. The predicted octanol–water partition coefficient (Wildman–Crippen LogP) is 2.53. The Morgan fingerprint density at radius 1 is 1.26 bits per heavy atom. The van der Waals surface area contributed by atoms with Crippen LogP contribution in [0.5, 0.6) is 11.5 Å². The Hall–Kier alpha value is -1.46. The molecule has 1 saturated heterocycles. The number of ether oxygens (including phenoxy) is 2. The molecular formula is C17H27ClN2O3. The van der Waals surface area contributed by atoms with Gasteiger partial charge in [0.15, 0.2) is 11.5 Å². The van der Waals surface area contributed by atoms with Crippen molar-refractivity contribution in [3.63, 3.8) is 0 Å². The minimum absolute atomic E-state index is 0. The van der Waals surface area contributed by atoms with Gasteiger partial charge in [0.1, 0.15) is 0 Å². The lowest BCUT2D eigenvalue weighted by Gasteiger charge is -2.28. The second-order valence-corrected chi connectivity index (χ2v) is 5.83. The van der Waals surface area contributed by atoms with Crippen LogP contribution >= 0.6 is 12.4 Å². The summed E-state index contributed by atoms with van der Waals surface area (Å²) in [4.78, 5) is 14.3. The van der Waals surface area contributed by atoms with Gasteiger partial charge in [0.05, 0.1) is 20.3 Å². The molecule has 1 aliphatic heterocycles. The van der Waals surface area contributed by atoms with Gasteiger partial charge in [-0.05, 0) is 49.6 Å². The van der Waals surface area contributed by atoms with E-state index in [4.69, 9.17) is 9.47 Å². The van der Waals surface area contributed by atoms with E-state index in [2.05, 4.69) is 5.32 Å². The molecule has 0 aliphatic carbocycles. The minimum atomic E-state index is -0.0424. The van der Waals surface area contributed by atoms with Gasteiger partial charge in [-0.15, -0.1) is 12.4 Å². The summed E-state index contributed by atoms with van der Waals surface area (Å²) in [5, 5.41) is 3.31. The molecule has 1 fully saturated rings. The Morgan fingerprint density at radius 2 is 1.91 bits per heavy atom. The number of likely N-dealkylation sites (N-methyl/N-ethyl adjacent to an activating group) is 1. The lowest BCUT2D eigenvalue weighted by Crippen LogP contribution is -2.47. The Morgan fingerprint density at radius 3 is 2.48 bits per heavy atom. The van der Waals surface area contributed by atoms with Crippen LogP contribution in [0.3, 0.4) is 0 Å². The Kier molecular flexibility index (Phi) is 7.65. The molecule has 1 aromatic rings. The van der Waals surface area contributed by atoms with Crippen molar-refractivity contribution in [1.82, 2.24) is 10.2 Å². The first-order valence-corrected chi connectivity index (χ1v) is 7.76. The molecule has 23 heavy (non-hydrogen) atoms. The van der Waals surface area contributed by atoms with Crippen molar-refractivity contribution >= 4 is 18.3 Å². The molecule has 2 rings (SSSR count). The largest absolute Gasteiger partial charge is 0.493 e. The molecule has 0 aromatic heterocycles. The van der Waals surface area contributed by atoms with Crippen LogP contribution in [0.4, 0.5) is 0 Å². The first-order chi connectivity index (χ1) is 10.6. The van der Waals surface area contributed by atoms with Crippen molar-refractivity contribution < 1.29 is 14.3 Å². The summed E-state index contributed by atoms with van der Waals surface area (Å²) < 4.78 is 10.7. The summed E-state index contributed by atoms with van der Waals surface area (Å²) in [6.07, 6.45) is 3.20. The van der Waals surface area contributed by atoms with Crippen LogP contribution in [-0.2, 0) is 11.3 Å². The monoisotopic (exact) mass is 342 g/mol. The zero-order chi connectivity index (χ0) is 16.1. The number of halogens is 1. The molecule has 0 spiro atoms. The average molecular weight is 343 g/mol. The van der Waals surface area contributed by atoms with Gasteiger partial charge in [0.25, 0.3) is 0 Å². The number of nitrogens with zero attached hydrogens (tertiary/aromatic N) is 1. The third-order valence-electron chi connectivity index (χ3n) is 4.23. The number of nitrogens with one attached hydrogen (secondary N) is 1. The van der Waals surface area contributed by atoms with Crippen LogP contribution in [0.2, 0.25) is 0 Å². The van der Waals surface area contributed by atoms with Crippen LogP contribution in [-0.4, -0.2) is 44.7 Å². The van der Waals surface area contributed by atoms with Gasteiger partial charge in [-0.1, -0.05) is 6.42 Å². The third kappa shape index (κ3) is 4.75. The predicted molar refractivity (Wildman–Crippen MR) is 93.6 cm³/mol. The fourth-order valence-electron chi connectivity index (χ4n) is 2.86. The van der Waals surface area contributed by atoms with Crippen LogP contribution in [0.1, 0.15) is 30.4 Å². The molecule has 0 saturated carbocycles. The zero-order valence-electron chi connectivity index (χ0n) is 14.3. The number of hydrogen-bond acceptors (Lipinski definition) is 4. The summed E-state index contributed by atoms with van der Waals surface area (Å²) in [6.45, 7) is 3.53. The number of methoxy groups -OCH3 is 2. The number of rotatable bonds is 5. The minimum Gasteiger partial charge on any atom is -0.493 e. The van der Waals surface area contributed by atoms with Crippen molar-refractivity contribution in [2.75, 3.05) is 27.8 Å². The molecular weight excluding hydrogens is 316 g/mol. The van der Waals surface area contributed by atoms with E-state index in [1.54, 1.807) is 19.1 Å². The Bertz CT molecular complexity index is 531. The number of carbonyl (C=O) groups is 1. The summed E-state index contributed by atoms with van der Waals surface area (Å²) in [7, 11) is 5.11. The van der Waals surface area contributed by atoms with Crippen molar-refractivity contribution in [3.05, 3.63) is 23.3 Å². The van der Waals surface area contributed by atoms with E-state index in [0.717, 1.165) is 36.9 Å². The van der Waals surface area contributed by atoms with Gasteiger partial charge < -0.3 is 19.7 Å². The van der Waals surface area contributed by atoms with E-state index < -0.39 is 0 Å². The third-order valence-corrected chi connectivity index (χ3v) is 4.23. The quantitative estimate of drug-likeness (QED) is 0.893. The summed E-state index contributed by atoms with van der Waals surface area (Å²) in [5.74, 6) is 1.57. The molecule has 1 aromatic carbocycles. The van der Waals surface area contributed by atoms with Crippen molar-refractivity contribution in [2.24, 2.45) is 0 Å². The first-order valence-electron chi connectivity index (χ1n) is 7.76. The van der Waals surface area contributed by atoms with Crippen LogP contribution in [0.25, 0.3) is 0 Å². The SMILES string of the molecule is COc1cc(C)c(CN(C)C(=O)C2CCCCN2)cc1OC.Cl. The van der Waals surface area contributed by atoms with E-state index >= 15 is 0 Å². The molecule has 5 nitrogen and oxygen atoms in total. The number of hydrogen-bond donors (Lipinski definition) is 1. The Labute approximate surface area is 144 Å². The van der Waals surface area contributed by atoms with E-state index in [1.165, 1.54) is 0 Å². The lowest BCUT2D eigenvalue weighted by atomic mass is 10.0. The molecule has 0 radical (unpaired) electrons. The molecule has 1 aliphatic rings. The molecule has 130 valence electrons. The lowest BCUT2D eigenvalue weighted by molar-refractivity contribution is -0.133. The van der Waals surface area contributed by atoms with Gasteiger partial charge in [-0.25, -0.2) is 0 Å². The standard InChI is InChI=1S/C17H26N2O3.ClH/c1-12-9-15(21-3)16(22-4)10-13(12)11-19(2)17(20)14-7-5-6-8-18-14;/h9-10,14,18H,5-8,11H2,1-4H3;1H. The maximum atomic E-state index is 12.5. The maximum absolute atomic E-state index is 12.5. The van der Waals surface area contributed by atoms with Crippen LogP contribution < -0.4 is 14.8 Å². The van der Waals surface area contributed by atoms with E-state index in [9.17, 15) is 4.79 Å². The number of piperidine rings is 1. The highest BCUT2D eigenvalue weighted by molar-refractivity contribution is 5.85. The van der Waals surface area contributed by atoms with Crippen molar-refractivity contribution in [3.8, 4) is 11.5 Å². The normalized spacial score (nSPS) is 17.1. The Balaban J connectivity index is 0.00000264. The van der Waals surface area contributed by atoms with Gasteiger partial charge in [0, 0.05) is 13.6 Å². The second-order valence-electron chi connectivity index (χ2n) is 5.83. The highest BCUT2D eigenvalue weighted by atomic mass is 35.5. The van der Waals surface area contributed by atoms with E-state index in [1.807, 2.05) is 26.1 Å². The fraction of sp³-hybridized carbons (Fsp3) is 0.588. The van der Waals surface area contributed by atoms with Crippen molar-refractivity contribution in [2.45, 2.75) is 38.8 Å². The number of benzene rings is 1. The smallest absolute Gasteiger partial charge is 0.239 e. The average Bonchev–Trinajstić information content (AvgIpc) is 2.56. The number of amides is 1. The van der Waals surface area contributed by atoms with E-state index in [-0.39, 0.29) is 24.4 Å². The summed E-state index contributed by atoms with van der Waals surface area (Å²) in [5.41, 5.74) is 2.17. The molecule has 1 amide bonds. The molecule has 6 heteroatoms. The van der Waals surface area contributed by atoms with Crippen LogP contribution in [0, 0.1) is 6.92 Å². The fourth-order valence-corrected chi connectivity index (χ4v) is 2.86. The van der Waals surface area contributed by atoms with Crippen LogP contribution in [0.15, 0.2) is 12.1 Å². The van der Waals surface area contributed by atoms with Gasteiger partial charge >= 0.3 is 0 Å². The topological polar surface area (TPSA) is 50.8 Å². The van der Waals surface area contributed by atoms with Gasteiger partial charge in [-0.2, -0.15) is 0 Å². The summed E-state index contributed by atoms with van der Waals surface area (Å²) in [6, 6.07) is 3.86. The highest BCUT2D eigenvalue weighted by Gasteiger charge is 2.24. The number of carbonyl (C=O) groups excluding carboxylic acids is 1. The first kappa shape index (κ1) is 19.6. The zero-order valence-corrected chi connectivity index (χ0v) is 15.2. The molecule has 0 bridgehead atoms. The summed E-state index contributed by atoms with van der Waals surface area (Å²) >= 11 is 0. The molecule has 1 N–H and O–H groups in total. The van der Waals surface area contributed by atoms with Crippen molar-refractivity contribution in [1.29, 1.82) is 0 Å². The molecule has 1 atom stereocenters. The van der Waals surface area contributed by atoms with E-state index in [0.29, 0.717) is 18.0 Å². The molecule has 1 heterocycles.